The maximum absolute atomic E-state index is 12.2. The zero-order chi connectivity index (χ0) is 11.8. The van der Waals surface area contributed by atoms with Crippen molar-refractivity contribution in [2.45, 2.75) is 12.6 Å². The molecule has 1 N–H and O–H groups in total. The van der Waals surface area contributed by atoms with Crippen molar-refractivity contribution < 1.29 is 27.1 Å². The van der Waals surface area contributed by atoms with Crippen molar-refractivity contribution in [3.8, 4) is 5.75 Å². The fourth-order valence-electron chi connectivity index (χ4n) is 0.852. The number of aromatic hydroxyl groups is 1. The van der Waals surface area contributed by atoms with Crippen molar-refractivity contribution in [2.24, 2.45) is 0 Å². The monoisotopic (exact) mass is 291 g/mol. The standard InChI is InChI=1S/C7H3BrF5NO/c8-3-2(6(9)10)1-14-5(4(3)15)7(11,12)13/h1,6,15H. The first-order valence-corrected chi connectivity index (χ1v) is 4.27. The van der Waals surface area contributed by atoms with Crippen molar-refractivity contribution in [3.05, 3.63) is 21.9 Å². The Morgan fingerprint density at radius 2 is 1.87 bits per heavy atom. The van der Waals surface area contributed by atoms with E-state index in [0.29, 0.717) is 6.20 Å². The van der Waals surface area contributed by atoms with Crippen LogP contribution < -0.4 is 0 Å². The predicted octanol–water partition coefficient (Wildman–Crippen LogP) is 3.51. The lowest BCUT2D eigenvalue weighted by Gasteiger charge is -2.11. The van der Waals surface area contributed by atoms with Gasteiger partial charge in [0.05, 0.1) is 10.0 Å². The summed E-state index contributed by atoms with van der Waals surface area (Å²) in [6.45, 7) is 0. The Balaban J connectivity index is 3.34. The molecule has 0 radical (unpaired) electrons. The van der Waals surface area contributed by atoms with Crippen LogP contribution in [0.3, 0.4) is 0 Å². The van der Waals surface area contributed by atoms with Crippen molar-refractivity contribution in [3.63, 3.8) is 0 Å². The van der Waals surface area contributed by atoms with E-state index in [0.717, 1.165) is 0 Å². The van der Waals surface area contributed by atoms with E-state index >= 15 is 0 Å². The zero-order valence-electron chi connectivity index (χ0n) is 6.82. The van der Waals surface area contributed by atoms with Crippen molar-refractivity contribution in [2.75, 3.05) is 0 Å². The van der Waals surface area contributed by atoms with Crippen LogP contribution in [0.5, 0.6) is 5.75 Å². The van der Waals surface area contributed by atoms with E-state index in [2.05, 4.69) is 20.9 Å². The molecule has 0 fully saturated rings. The van der Waals surface area contributed by atoms with E-state index in [1.54, 1.807) is 0 Å². The molecule has 0 saturated heterocycles. The Labute approximate surface area is 88.9 Å². The average Bonchev–Trinajstić information content (AvgIpc) is 2.06. The molecular weight excluding hydrogens is 289 g/mol. The molecule has 0 atom stereocenters. The highest BCUT2D eigenvalue weighted by Crippen LogP contribution is 2.41. The predicted molar refractivity (Wildman–Crippen MR) is 43.6 cm³/mol. The second-order valence-corrected chi connectivity index (χ2v) is 3.32. The summed E-state index contributed by atoms with van der Waals surface area (Å²) in [5.41, 5.74) is -2.39. The molecule has 0 unspecified atom stereocenters. The minimum atomic E-state index is -4.88. The highest BCUT2D eigenvalue weighted by Gasteiger charge is 2.37. The minimum absolute atomic E-state index is 0.372. The largest absolute Gasteiger partial charge is 0.505 e. The number of hydrogen-bond donors (Lipinski definition) is 1. The SMILES string of the molecule is Oc1c(C(F)(F)F)ncc(C(F)F)c1Br. The first kappa shape index (κ1) is 12.2. The van der Waals surface area contributed by atoms with E-state index in [9.17, 15) is 22.0 Å². The van der Waals surface area contributed by atoms with Gasteiger partial charge in [0, 0.05) is 6.20 Å². The molecule has 0 aromatic carbocycles. The normalized spacial score (nSPS) is 12.2. The number of aromatic nitrogens is 1. The number of alkyl halides is 5. The molecule has 0 bridgehead atoms. The van der Waals surface area contributed by atoms with E-state index < -0.39 is 34.1 Å². The zero-order valence-corrected chi connectivity index (χ0v) is 8.40. The summed E-state index contributed by atoms with van der Waals surface area (Å²) in [6.07, 6.45) is -7.52. The second-order valence-electron chi connectivity index (χ2n) is 2.52. The molecule has 2 nitrogen and oxygen atoms in total. The molecule has 0 aliphatic heterocycles. The molecule has 1 heterocycles. The number of rotatable bonds is 1. The lowest BCUT2D eigenvalue weighted by Crippen LogP contribution is -2.09. The van der Waals surface area contributed by atoms with Crippen LogP contribution in [0.2, 0.25) is 0 Å². The summed E-state index contributed by atoms with van der Waals surface area (Å²) < 4.78 is 60.0. The van der Waals surface area contributed by atoms with Crippen LogP contribution in [0.4, 0.5) is 22.0 Å². The second kappa shape index (κ2) is 3.92. The maximum atomic E-state index is 12.2. The molecule has 1 aromatic rings. The van der Waals surface area contributed by atoms with Gasteiger partial charge in [0.25, 0.3) is 6.43 Å². The third-order valence-corrected chi connectivity index (χ3v) is 2.36. The lowest BCUT2D eigenvalue weighted by molar-refractivity contribution is -0.142. The highest BCUT2D eigenvalue weighted by molar-refractivity contribution is 9.10. The van der Waals surface area contributed by atoms with Gasteiger partial charge in [-0.25, -0.2) is 13.8 Å². The number of hydrogen-bond acceptors (Lipinski definition) is 2. The van der Waals surface area contributed by atoms with Gasteiger partial charge in [-0.1, -0.05) is 0 Å². The lowest BCUT2D eigenvalue weighted by atomic mass is 10.2. The summed E-state index contributed by atoms with van der Waals surface area (Å²) >= 11 is 2.45. The van der Waals surface area contributed by atoms with Crippen molar-refractivity contribution in [1.82, 2.24) is 4.98 Å². The van der Waals surface area contributed by atoms with Gasteiger partial charge in [0.15, 0.2) is 11.4 Å². The smallest absolute Gasteiger partial charge is 0.437 e. The first-order valence-electron chi connectivity index (χ1n) is 3.48. The van der Waals surface area contributed by atoms with E-state index in [1.165, 1.54) is 0 Å². The van der Waals surface area contributed by atoms with Gasteiger partial charge in [-0.2, -0.15) is 13.2 Å². The molecule has 84 valence electrons. The molecule has 0 saturated carbocycles. The van der Waals surface area contributed by atoms with E-state index in [1.807, 2.05) is 0 Å². The van der Waals surface area contributed by atoms with Crippen LogP contribution in [-0.2, 0) is 6.18 Å². The van der Waals surface area contributed by atoms with Gasteiger partial charge in [0.2, 0.25) is 0 Å². The highest BCUT2D eigenvalue weighted by atomic mass is 79.9. The van der Waals surface area contributed by atoms with Crippen LogP contribution in [-0.4, -0.2) is 10.1 Å². The molecule has 0 amide bonds. The first-order chi connectivity index (χ1) is 6.75. The van der Waals surface area contributed by atoms with Crippen LogP contribution in [0, 0.1) is 0 Å². The molecular formula is C7H3BrF5NO. The van der Waals surface area contributed by atoms with Crippen LogP contribution in [0.15, 0.2) is 10.7 Å². The van der Waals surface area contributed by atoms with Gasteiger partial charge < -0.3 is 5.11 Å². The maximum Gasteiger partial charge on any atom is 0.437 e. The fourth-order valence-corrected chi connectivity index (χ4v) is 1.32. The summed E-state index contributed by atoms with van der Waals surface area (Å²) in [5, 5.41) is 9.00. The molecule has 0 aliphatic carbocycles. The summed E-state index contributed by atoms with van der Waals surface area (Å²) in [5.74, 6) is -1.33. The van der Waals surface area contributed by atoms with Crippen LogP contribution >= 0.6 is 15.9 Å². The Morgan fingerprint density at radius 3 is 2.27 bits per heavy atom. The topological polar surface area (TPSA) is 33.1 Å². The summed E-state index contributed by atoms with van der Waals surface area (Å²) in [6, 6.07) is 0. The third kappa shape index (κ3) is 2.36. The Bertz CT molecular complexity index is 378. The number of halogens is 6. The van der Waals surface area contributed by atoms with Crippen molar-refractivity contribution >= 4 is 15.9 Å². The Morgan fingerprint density at radius 1 is 1.33 bits per heavy atom. The van der Waals surface area contributed by atoms with Gasteiger partial charge in [0.1, 0.15) is 0 Å². The number of nitrogens with zero attached hydrogens (tertiary/aromatic N) is 1. The van der Waals surface area contributed by atoms with Gasteiger partial charge in [-0.15, -0.1) is 0 Å². The molecule has 0 spiro atoms. The van der Waals surface area contributed by atoms with Crippen LogP contribution in [0.25, 0.3) is 0 Å². The minimum Gasteiger partial charge on any atom is -0.505 e. The van der Waals surface area contributed by atoms with Gasteiger partial charge in [-0.3, -0.25) is 0 Å². The molecule has 1 rings (SSSR count). The Kier molecular flexibility index (Phi) is 3.17. The fraction of sp³-hybridized carbons (Fsp3) is 0.286. The molecule has 0 aliphatic rings. The van der Waals surface area contributed by atoms with Crippen LogP contribution in [0.1, 0.15) is 17.7 Å². The van der Waals surface area contributed by atoms with Crippen molar-refractivity contribution in [1.29, 1.82) is 0 Å². The Hall–Kier alpha value is -0.920. The number of pyridine rings is 1. The quantitative estimate of drug-likeness (QED) is 0.803. The van der Waals surface area contributed by atoms with Gasteiger partial charge >= 0.3 is 6.18 Å². The summed E-state index contributed by atoms with van der Waals surface area (Å²) in [7, 11) is 0. The molecule has 1 aromatic heterocycles. The van der Waals surface area contributed by atoms with E-state index in [-0.39, 0.29) is 0 Å². The molecule has 15 heavy (non-hydrogen) atoms. The van der Waals surface area contributed by atoms with Gasteiger partial charge in [-0.05, 0) is 15.9 Å². The summed E-state index contributed by atoms with van der Waals surface area (Å²) in [4.78, 5) is 2.75. The van der Waals surface area contributed by atoms with E-state index in [4.69, 9.17) is 5.11 Å². The molecule has 8 heteroatoms. The average molecular weight is 292 g/mol. The third-order valence-electron chi connectivity index (χ3n) is 1.52.